The van der Waals surface area contributed by atoms with Gasteiger partial charge in [0.1, 0.15) is 5.69 Å². The van der Waals surface area contributed by atoms with E-state index in [4.69, 9.17) is 0 Å². The Balaban J connectivity index is 1.62. The second kappa shape index (κ2) is 7.92. The molecule has 3 rings (SSSR count). The van der Waals surface area contributed by atoms with Crippen LogP contribution in [0.1, 0.15) is 16.2 Å². The number of para-hydroxylation sites is 1. The van der Waals surface area contributed by atoms with Crippen LogP contribution in [-0.4, -0.2) is 71.8 Å². The number of hydrogen-bond acceptors (Lipinski definition) is 4. The molecule has 1 aromatic carbocycles. The number of nitrogens with zero attached hydrogens (tertiary/aromatic N) is 4. The lowest BCUT2D eigenvalue weighted by Crippen LogP contribution is -2.46. The predicted molar refractivity (Wildman–Crippen MR) is 94.5 cm³/mol. The van der Waals surface area contributed by atoms with Gasteiger partial charge in [0.2, 0.25) is 0 Å². The first kappa shape index (κ1) is 18.5. The number of nitrogens with one attached hydrogen (secondary N) is 1. The Hall–Kier alpha value is -2.32. The molecule has 1 aromatic heterocycles. The van der Waals surface area contributed by atoms with Crippen molar-refractivity contribution in [3.8, 4) is 5.69 Å². The highest BCUT2D eigenvalue weighted by Gasteiger charge is 2.18. The van der Waals surface area contributed by atoms with Gasteiger partial charge < -0.3 is 10.2 Å². The molecule has 140 valence electrons. The maximum atomic E-state index is 14.0. The molecule has 1 aliphatic heterocycles. The molecular formula is C18H23F2N5O. The van der Waals surface area contributed by atoms with Crippen molar-refractivity contribution in [2.75, 3.05) is 46.3 Å². The summed E-state index contributed by atoms with van der Waals surface area (Å²) in [6.45, 7) is 6.92. The van der Waals surface area contributed by atoms with Crippen molar-refractivity contribution in [2.45, 2.75) is 6.92 Å². The second-order valence-electron chi connectivity index (χ2n) is 6.55. The van der Waals surface area contributed by atoms with E-state index in [0.717, 1.165) is 49.5 Å². The van der Waals surface area contributed by atoms with Crippen molar-refractivity contribution >= 4 is 5.91 Å². The average Bonchev–Trinajstić information content (AvgIpc) is 2.98. The summed E-state index contributed by atoms with van der Waals surface area (Å²) >= 11 is 0. The minimum Gasteiger partial charge on any atom is -0.349 e. The molecule has 26 heavy (non-hydrogen) atoms. The third-order valence-electron chi connectivity index (χ3n) is 4.58. The Morgan fingerprint density at radius 2 is 1.85 bits per heavy atom. The molecular weight excluding hydrogens is 340 g/mol. The van der Waals surface area contributed by atoms with Crippen molar-refractivity contribution in [2.24, 2.45) is 0 Å². The van der Waals surface area contributed by atoms with E-state index in [-0.39, 0.29) is 17.3 Å². The Bertz CT molecular complexity index is 764. The fourth-order valence-electron chi connectivity index (χ4n) is 2.99. The molecule has 1 saturated heterocycles. The molecule has 2 aromatic rings. The number of aromatic nitrogens is 2. The molecule has 2 heterocycles. The van der Waals surface area contributed by atoms with Crippen LogP contribution in [0.25, 0.3) is 5.69 Å². The van der Waals surface area contributed by atoms with Crippen LogP contribution >= 0.6 is 0 Å². The van der Waals surface area contributed by atoms with Crippen LogP contribution in [0.5, 0.6) is 0 Å². The Labute approximate surface area is 151 Å². The number of hydrogen-bond donors (Lipinski definition) is 1. The second-order valence-corrected chi connectivity index (χ2v) is 6.55. The number of piperazine rings is 1. The van der Waals surface area contributed by atoms with Gasteiger partial charge in [-0.1, -0.05) is 6.07 Å². The van der Waals surface area contributed by atoms with Gasteiger partial charge in [0.15, 0.2) is 17.3 Å². The van der Waals surface area contributed by atoms with Crippen molar-refractivity contribution in [1.29, 1.82) is 0 Å². The zero-order valence-corrected chi connectivity index (χ0v) is 15.0. The maximum Gasteiger partial charge on any atom is 0.271 e. The summed E-state index contributed by atoms with van der Waals surface area (Å²) in [7, 11) is 2.09. The number of likely N-dealkylation sites (N-methyl/N-ethyl adjacent to an activating group) is 1. The minimum absolute atomic E-state index is 0.142. The van der Waals surface area contributed by atoms with E-state index < -0.39 is 11.6 Å². The number of aryl methyl sites for hydroxylation is 1. The zero-order chi connectivity index (χ0) is 18.7. The molecule has 0 bridgehead atoms. The Morgan fingerprint density at radius 1 is 1.19 bits per heavy atom. The van der Waals surface area contributed by atoms with Crippen LogP contribution in [0.2, 0.25) is 0 Å². The van der Waals surface area contributed by atoms with E-state index in [0.29, 0.717) is 12.2 Å². The van der Waals surface area contributed by atoms with Crippen LogP contribution in [0.15, 0.2) is 24.3 Å². The third-order valence-corrected chi connectivity index (χ3v) is 4.58. The Kier molecular flexibility index (Phi) is 5.63. The molecule has 0 spiro atoms. The van der Waals surface area contributed by atoms with Gasteiger partial charge in [0.05, 0.1) is 0 Å². The highest BCUT2D eigenvalue weighted by molar-refractivity contribution is 5.92. The maximum absolute atomic E-state index is 14.0. The summed E-state index contributed by atoms with van der Waals surface area (Å²) in [5.41, 5.74) is 0.350. The fraction of sp³-hybridized carbons (Fsp3) is 0.444. The van der Waals surface area contributed by atoms with Gasteiger partial charge in [-0.15, -0.1) is 0 Å². The SMILES string of the molecule is Cc1cc(C(=O)NCCN2CCN(C)CC2)nn1-c1c(F)cccc1F. The van der Waals surface area contributed by atoms with E-state index in [1.54, 1.807) is 6.92 Å². The quantitative estimate of drug-likeness (QED) is 0.873. The summed E-state index contributed by atoms with van der Waals surface area (Å²) < 4.78 is 29.0. The topological polar surface area (TPSA) is 53.4 Å². The van der Waals surface area contributed by atoms with E-state index in [9.17, 15) is 13.6 Å². The monoisotopic (exact) mass is 363 g/mol. The number of carbonyl (C=O) groups excluding carboxylic acids is 1. The Morgan fingerprint density at radius 3 is 2.50 bits per heavy atom. The number of halogens is 2. The molecule has 0 radical (unpaired) electrons. The smallest absolute Gasteiger partial charge is 0.271 e. The van der Waals surface area contributed by atoms with Gasteiger partial charge in [0, 0.05) is 45.0 Å². The lowest BCUT2D eigenvalue weighted by Gasteiger charge is -2.32. The van der Waals surface area contributed by atoms with Gasteiger partial charge in [-0.3, -0.25) is 9.69 Å². The first-order valence-corrected chi connectivity index (χ1v) is 8.66. The average molecular weight is 363 g/mol. The summed E-state index contributed by atoms with van der Waals surface area (Å²) in [6, 6.07) is 5.14. The minimum atomic E-state index is -0.724. The van der Waals surface area contributed by atoms with Crippen LogP contribution < -0.4 is 5.32 Å². The molecule has 0 unspecified atom stereocenters. The van der Waals surface area contributed by atoms with Gasteiger partial charge in [-0.25, -0.2) is 13.5 Å². The lowest BCUT2D eigenvalue weighted by atomic mass is 10.3. The third kappa shape index (κ3) is 4.08. The molecule has 6 nitrogen and oxygen atoms in total. The molecule has 8 heteroatoms. The normalized spacial score (nSPS) is 16.0. The zero-order valence-electron chi connectivity index (χ0n) is 15.0. The molecule has 1 aliphatic rings. The largest absolute Gasteiger partial charge is 0.349 e. The fourth-order valence-corrected chi connectivity index (χ4v) is 2.99. The van der Waals surface area contributed by atoms with Crippen LogP contribution in [0, 0.1) is 18.6 Å². The highest BCUT2D eigenvalue weighted by atomic mass is 19.1. The molecule has 0 aliphatic carbocycles. The van der Waals surface area contributed by atoms with Crippen molar-refractivity contribution in [1.82, 2.24) is 24.9 Å². The summed E-state index contributed by atoms with van der Waals surface area (Å²) in [6.07, 6.45) is 0. The summed E-state index contributed by atoms with van der Waals surface area (Å²) in [4.78, 5) is 16.9. The van der Waals surface area contributed by atoms with Gasteiger partial charge in [-0.05, 0) is 32.2 Å². The first-order chi connectivity index (χ1) is 12.5. The standard InChI is InChI=1S/C18H23F2N5O/c1-13-12-16(22-25(13)17-14(19)4-3-5-15(17)20)18(26)21-6-7-24-10-8-23(2)9-11-24/h3-5,12H,6-11H2,1-2H3,(H,21,26). The summed E-state index contributed by atoms with van der Waals surface area (Å²) in [5.74, 6) is -1.80. The summed E-state index contributed by atoms with van der Waals surface area (Å²) in [5, 5.41) is 6.90. The van der Waals surface area contributed by atoms with E-state index in [1.807, 2.05) is 0 Å². The number of rotatable bonds is 5. The van der Waals surface area contributed by atoms with Gasteiger partial charge in [0.25, 0.3) is 5.91 Å². The van der Waals surface area contributed by atoms with E-state index >= 15 is 0 Å². The first-order valence-electron chi connectivity index (χ1n) is 8.66. The van der Waals surface area contributed by atoms with Gasteiger partial charge >= 0.3 is 0 Å². The molecule has 1 N–H and O–H groups in total. The van der Waals surface area contributed by atoms with Crippen molar-refractivity contribution in [3.63, 3.8) is 0 Å². The van der Waals surface area contributed by atoms with E-state index in [1.165, 1.54) is 12.1 Å². The van der Waals surface area contributed by atoms with Crippen LogP contribution in [0.3, 0.4) is 0 Å². The molecule has 0 atom stereocenters. The number of benzene rings is 1. The van der Waals surface area contributed by atoms with Crippen LogP contribution in [-0.2, 0) is 0 Å². The van der Waals surface area contributed by atoms with E-state index in [2.05, 4.69) is 27.3 Å². The highest BCUT2D eigenvalue weighted by Crippen LogP contribution is 2.19. The van der Waals surface area contributed by atoms with Crippen LogP contribution in [0.4, 0.5) is 8.78 Å². The van der Waals surface area contributed by atoms with Gasteiger partial charge in [-0.2, -0.15) is 5.10 Å². The van der Waals surface area contributed by atoms with Crippen molar-refractivity contribution in [3.05, 3.63) is 47.3 Å². The molecule has 1 fully saturated rings. The van der Waals surface area contributed by atoms with Crippen molar-refractivity contribution < 1.29 is 13.6 Å². The molecule has 0 saturated carbocycles. The predicted octanol–water partition coefficient (Wildman–Crippen LogP) is 1.44. The molecule has 1 amide bonds. The number of carbonyl (C=O) groups is 1. The lowest BCUT2D eigenvalue weighted by molar-refractivity contribution is 0.0935. The number of amides is 1.